The first kappa shape index (κ1) is 23.5. The molecule has 0 radical (unpaired) electrons. The zero-order chi connectivity index (χ0) is 17.6. The summed E-state index contributed by atoms with van der Waals surface area (Å²) < 4.78 is 38.9. The van der Waals surface area contributed by atoms with Crippen LogP contribution in [0.25, 0.3) is 0 Å². The Hall–Kier alpha value is 0.490. The van der Waals surface area contributed by atoms with Gasteiger partial charge >= 0.3 is 6.18 Å². The van der Waals surface area contributed by atoms with Crippen LogP contribution in [0.1, 0.15) is 91.4 Å². The van der Waals surface area contributed by atoms with E-state index in [1.807, 2.05) is 6.92 Å². The van der Waals surface area contributed by atoms with Crippen LogP contribution in [-0.2, 0) is 0 Å². The lowest BCUT2D eigenvalue weighted by Crippen LogP contribution is -2.24. The van der Waals surface area contributed by atoms with Crippen LogP contribution in [0.4, 0.5) is 13.2 Å². The molecule has 0 aromatic heterocycles. The second-order valence-corrected chi connectivity index (χ2v) is 9.21. The first-order chi connectivity index (χ1) is 10.9. The molecule has 0 nitrogen and oxygen atoms in total. The number of unbranched alkanes of at least 4 members (excludes halogenated alkanes) is 6. The minimum atomic E-state index is -4.04. The van der Waals surface area contributed by atoms with Crippen LogP contribution in [0, 0.1) is 5.92 Å². The van der Waals surface area contributed by atoms with Gasteiger partial charge in [0.1, 0.15) is 0 Å². The van der Waals surface area contributed by atoms with Gasteiger partial charge < -0.3 is 0 Å². The van der Waals surface area contributed by atoms with E-state index in [2.05, 4.69) is 13.8 Å². The van der Waals surface area contributed by atoms with Crippen LogP contribution in [0.2, 0.25) is 0 Å². The molecule has 0 aliphatic rings. The first-order valence-electron chi connectivity index (χ1n) is 9.29. The van der Waals surface area contributed by atoms with Gasteiger partial charge in [0.25, 0.3) is 0 Å². The summed E-state index contributed by atoms with van der Waals surface area (Å²) in [5.74, 6) is 1.09. The van der Waals surface area contributed by atoms with E-state index in [4.69, 9.17) is 0 Å². The molecule has 0 fully saturated rings. The van der Waals surface area contributed by atoms with Crippen molar-refractivity contribution in [3.8, 4) is 0 Å². The molecular weight excluding hydrogens is 337 g/mol. The number of rotatable bonds is 15. The lowest BCUT2D eigenvalue weighted by atomic mass is 9.90. The molecule has 0 heterocycles. The quantitative estimate of drug-likeness (QED) is 0.209. The lowest BCUT2D eigenvalue weighted by Gasteiger charge is -2.27. The molecule has 0 aliphatic carbocycles. The highest BCUT2D eigenvalue weighted by molar-refractivity contribution is 8.76. The smallest absolute Gasteiger partial charge is 0.171 e. The number of hydrogen-bond donors (Lipinski definition) is 0. The standard InChI is InChI=1S/C18H35F3S2/c1-4-7-9-11-13-16(14-12-10-8-5-2)17(23-22-6-3)15-18(19,20)21/h16-17H,4-15H2,1-3H3/t17-/m1/s1. The molecule has 0 amide bonds. The van der Waals surface area contributed by atoms with Crippen LogP contribution < -0.4 is 0 Å². The molecule has 0 spiro atoms. The van der Waals surface area contributed by atoms with Crippen molar-refractivity contribution in [2.45, 2.75) is 103 Å². The highest BCUT2D eigenvalue weighted by Crippen LogP contribution is 2.41. The van der Waals surface area contributed by atoms with Gasteiger partial charge in [-0.25, -0.2) is 0 Å². The van der Waals surface area contributed by atoms with E-state index in [1.165, 1.54) is 36.5 Å². The molecular formula is C18H35F3S2. The van der Waals surface area contributed by atoms with Crippen molar-refractivity contribution in [2.24, 2.45) is 5.92 Å². The van der Waals surface area contributed by atoms with E-state index in [0.717, 1.165) is 44.3 Å². The summed E-state index contributed by atoms with van der Waals surface area (Å²) in [7, 11) is 3.07. The van der Waals surface area contributed by atoms with Crippen LogP contribution >= 0.6 is 21.6 Å². The Labute approximate surface area is 149 Å². The second-order valence-electron chi connectivity index (χ2n) is 6.32. The Bertz CT molecular complexity index is 245. The molecule has 1 atom stereocenters. The van der Waals surface area contributed by atoms with Gasteiger partial charge in [-0.1, -0.05) is 93.7 Å². The molecule has 0 saturated heterocycles. The van der Waals surface area contributed by atoms with E-state index in [1.54, 1.807) is 10.8 Å². The zero-order valence-corrected chi connectivity index (χ0v) is 16.7. The Morgan fingerprint density at radius 2 is 1.30 bits per heavy atom. The fourth-order valence-electron chi connectivity index (χ4n) is 2.85. The van der Waals surface area contributed by atoms with Gasteiger partial charge in [0.05, 0.1) is 6.42 Å². The minimum Gasteiger partial charge on any atom is -0.171 e. The summed E-state index contributed by atoms with van der Waals surface area (Å²) >= 11 is 0. The summed E-state index contributed by atoms with van der Waals surface area (Å²) in [5.41, 5.74) is 0. The highest BCUT2D eigenvalue weighted by atomic mass is 33.1. The van der Waals surface area contributed by atoms with E-state index < -0.39 is 12.6 Å². The van der Waals surface area contributed by atoms with Crippen molar-refractivity contribution in [3.05, 3.63) is 0 Å². The van der Waals surface area contributed by atoms with Crippen LogP contribution in [0.3, 0.4) is 0 Å². The maximum atomic E-state index is 13.0. The molecule has 5 heteroatoms. The van der Waals surface area contributed by atoms with Crippen LogP contribution in [-0.4, -0.2) is 17.2 Å². The molecule has 140 valence electrons. The van der Waals surface area contributed by atoms with Crippen molar-refractivity contribution in [2.75, 3.05) is 5.75 Å². The lowest BCUT2D eigenvalue weighted by molar-refractivity contribution is -0.136. The van der Waals surface area contributed by atoms with Crippen molar-refractivity contribution in [3.63, 3.8) is 0 Å². The van der Waals surface area contributed by atoms with Crippen molar-refractivity contribution in [1.82, 2.24) is 0 Å². The fourth-order valence-corrected chi connectivity index (χ4v) is 5.45. The Kier molecular flexibility index (Phi) is 15.1. The predicted octanol–water partition coefficient (Wildman–Crippen LogP) is 8.27. The topological polar surface area (TPSA) is 0 Å². The van der Waals surface area contributed by atoms with Gasteiger partial charge in [-0.15, -0.1) is 0 Å². The van der Waals surface area contributed by atoms with Crippen molar-refractivity contribution < 1.29 is 13.2 Å². The average molecular weight is 373 g/mol. The van der Waals surface area contributed by atoms with Gasteiger partial charge in [-0.3, -0.25) is 0 Å². The molecule has 0 N–H and O–H groups in total. The van der Waals surface area contributed by atoms with Gasteiger partial charge in [0, 0.05) is 11.0 Å². The fraction of sp³-hybridized carbons (Fsp3) is 1.00. The Morgan fingerprint density at radius 3 is 1.70 bits per heavy atom. The highest BCUT2D eigenvalue weighted by Gasteiger charge is 2.35. The number of halogens is 3. The summed E-state index contributed by atoms with van der Waals surface area (Å²) in [6.45, 7) is 6.35. The molecule has 23 heavy (non-hydrogen) atoms. The molecule has 0 aromatic carbocycles. The summed E-state index contributed by atoms with van der Waals surface area (Å²) in [6.07, 6.45) is 6.48. The number of hydrogen-bond acceptors (Lipinski definition) is 2. The Morgan fingerprint density at radius 1 is 0.783 bits per heavy atom. The van der Waals surface area contributed by atoms with Crippen molar-refractivity contribution in [1.29, 1.82) is 0 Å². The maximum Gasteiger partial charge on any atom is 0.390 e. The number of alkyl halides is 3. The second kappa shape index (κ2) is 14.8. The van der Waals surface area contributed by atoms with E-state index >= 15 is 0 Å². The Balaban J connectivity index is 4.59. The van der Waals surface area contributed by atoms with Crippen LogP contribution in [0.5, 0.6) is 0 Å². The van der Waals surface area contributed by atoms with E-state index in [0.29, 0.717) is 0 Å². The summed E-state index contributed by atoms with van der Waals surface area (Å²) in [6, 6.07) is 0. The largest absolute Gasteiger partial charge is 0.390 e. The third-order valence-corrected chi connectivity index (χ3v) is 7.15. The SMILES string of the molecule is CCCCCCC(CCCCCC)[C@@H](CC(F)(F)F)SSCC. The molecule has 0 rings (SSSR count). The third kappa shape index (κ3) is 14.5. The predicted molar refractivity (Wildman–Crippen MR) is 101 cm³/mol. The van der Waals surface area contributed by atoms with Gasteiger partial charge in [-0.2, -0.15) is 13.2 Å². The maximum absolute atomic E-state index is 13.0. The molecule has 0 unspecified atom stereocenters. The van der Waals surface area contributed by atoms with Gasteiger partial charge in [-0.05, 0) is 18.8 Å². The van der Waals surface area contributed by atoms with E-state index in [9.17, 15) is 13.2 Å². The van der Waals surface area contributed by atoms with E-state index in [-0.39, 0.29) is 11.2 Å². The third-order valence-electron chi connectivity index (χ3n) is 4.12. The van der Waals surface area contributed by atoms with Crippen molar-refractivity contribution >= 4 is 21.6 Å². The molecule has 0 saturated carbocycles. The summed E-state index contributed by atoms with van der Waals surface area (Å²) in [5, 5.41) is -0.275. The van der Waals surface area contributed by atoms with Gasteiger partial charge in [0.2, 0.25) is 0 Å². The normalized spacial score (nSPS) is 13.7. The first-order valence-corrected chi connectivity index (χ1v) is 11.7. The molecule has 0 bridgehead atoms. The molecule has 0 aliphatic heterocycles. The minimum absolute atomic E-state index is 0.217. The van der Waals surface area contributed by atoms with Crippen LogP contribution in [0.15, 0.2) is 0 Å². The zero-order valence-electron chi connectivity index (χ0n) is 15.1. The summed E-state index contributed by atoms with van der Waals surface area (Å²) in [4.78, 5) is 0. The monoisotopic (exact) mass is 372 g/mol. The average Bonchev–Trinajstić information content (AvgIpc) is 2.49. The van der Waals surface area contributed by atoms with Gasteiger partial charge in [0.15, 0.2) is 0 Å². The molecule has 0 aromatic rings.